The molecule has 0 aromatic heterocycles. The average Bonchev–Trinajstić information content (AvgIpc) is 2.72. The highest BCUT2D eigenvalue weighted by atomic mass is 127. The molecule has 0 aliphatic rings. The summed E-state index contributed by atoms with van der Waals surface area (Å²) in [5.74, 6) is 0.840. The molecule has 0 radical (unpaired) electrons. The Morgan fingerprint density at radius 3 is 2.37 bits per heavy atom. The van der Waals surface area contributed by atoms with Gasteiger partial charge in [0, 0.05) is 15.3 Å². The van der Waals surface area contributed by atoms with Crippen molar-refractivity contribution in [2.75, 3.05) is 0 Å². The first kappa shape index (κ1) is 17.7. The largest absolute Gasteiger partial charge is 0.488 e. The minimum atomic E-state index is 0.531. The summed E-state index contributed by atoms with van der Waals surface area (Å²) in [4.78, 5) is 4.73. The first-order valence-corrected chi connectivity index (χ1v) is 9.86. The molecule has 0 saturated carbocycles. The molecule has 0 unspecified atom stereocenters. The predicted molar refractivity (Wildman–Crippen MR) is 121 cm³/mol. The fraction of sp³-hybridized carbons (Fsp3) is 0.0417. The summed E-state index contributed by atoms with van der Waals surface area (Å²) in [5, 5.41) is 2.31. The zero-order chi connectivity index (χ0) is 18.5. The Bertz CT molecular complexity index is 1090. The van der Waals surface area contributed by atoms with E-state index in [-0.39, 0.29) is 0 Å². The van der Waals surface area contributed by atoms with Crippen LogP contribution in [0.5, 0.6) is 5.75 Å². The SMILES string of the molecule is Ic1ccccc1N=Cc1c(OCc2ccccc2)ccc2ccccc12. The van der Waals surface area contributed by atoms with E-state index in [4.69, 9.17) is 9.73 Å². The van der Waals surface area contributed by atoms with Gasteiger partial charge in [0.2, 0.25) is 0 Å². The maximum Gasteiger partial charge on any atom is 0.129 e. The number of hydrogen-bond acceptors (Lipinski definition) is 2. The lowest BCUT2D eigenvalue weighted by Gasteiger charge is -2.12. The van der Waals surface area contributed by atoms with Gasteiger partial charge in [-0.2, -0.15) is 0 Å². The number of nitrogens with zero attached hydrogens (tertiary/aromatic N) is 1. The molecule has 0 bridgehead atoms. The van der Waals surface area contributed by atoms with E-state index in [0.29, 0.717) is 6.61 Å². The predicted octanol–water partition coefficient (Wildman–Crippen LogP) is 6.77. The van der Waals surface area contributed by atoms with E-state index in [1.165, 1.54) is 5.39 Å². The zero-order valence-corrected chi connectivity index (χ0v) is 16.8. The van der Waals surface area contributed by atoms with Crippen LogP contribution in [0.3, 0.4) is 0 Å². The second kappa shape index (κ2) is 8.35. The van der Waals surface area contributed by atoms with Crippen molar-refractivity contribution in [1.29, 1.82) is 0 Å². The van der Waals surface area contributed by atoms with Crippen molar-refractivity contribution in [2.45, 2.75) is 6.61 Å². The number of aliphatic imine (C=N–C) groups is 1. The van der Waals surface area contributed by atoms with E-state index in [2.05, 4.69) is 59.0 Å². The Morgan fingerprint density at radius 1 is 0.778 bits per heavy atom. The third kappa shape index (κ3) is 4.19. The van der Waals surface area contributed by atoms with E-state index < -0.39 is 0 Å². The van der Waals surface area contributed by atoms with Crippen LogP contribution in [0.25, 0.3) is 10.8 Å². The smallest absolute Gasteiger partial charge is 0.129 e. The summed E-state index contributed by atoms with van der Waals surface area (Å²) < 4.78 is 7.28. The molecule has 2 nitrogen and oxygen atoms in total. The standard InChI is InChI=1S/C24H18INO/c25-22-12-6-7-13-23(22)26-16-21-20-11-5-4-10-19(20)14-15-24(21)27-17-18-8-2-1-3-9-18/h1-16H,17H2. The lowest BCUT2D eigenvalue weighted by Crippen LogP contribution is -1.99. The minimum Gasteiger partial charge on any atom is -0.488 e. The van der Waals surface area contributed by atoms with Crippen LogP contribution in [-0.4, -0.2) is 6.21 Å². The molecule has 0 atom stereocenters. The van der Waals surface area contributed by atoms with Crippen molar-refractivity contribution >= 4 is 45.3 Å². The molecule has 0 saturated heterocycles. The van der Waals surface area contributed by atoms with Gasteiger partial charge in [0.15, 0.2) is 0 Å². The number of fused-ring (bicyclic) bond motifs is 1. The normalized spacial score (nSPS) is 11.1. The summed E-state index contributed by atoms with van der Waals surface area (Å²) in [6.45, 7) is 0.531. The highest BCUT2D eigenvalue weighted by Gasteiger charge is 2.08. The van der Waals surface area contributed by atoms with Crippen molar-refractivity contribution in [3.63, 3.8) is 0 Å². The van der Waals surface area contributed by atoms with Gasteiger partial charge in [-0.05, 0) is 57.1 Å². The molecule has 0 amide bonds. The van der Waals surface area contributed by atoms with Gasteiger partial charge in [0.1, 0.15) is 12.4 Å². The number of benzene rings is 4. The fourth-order valence-corrected chi connectivity index (χ4v) is 3.49. The molecule has 4 aromatic rings. The molecule has 132 valence electrons. The summed E-state index contributed by atoms with van der Waals surface area (Å²) >= 11 is 2.31. The average molecular weight is 463 g/mol. The Labute approximate surface area is 172 Å². The lowest BCUT2D eigenvalue weighted by atomic mass is 10.0. The highest BCUT2D eigenvalue weighted by molar-refractivity contribution is 14.1. The van der Waals surface area contributed by atoms with Crippen molar-refractivity contribution in [3.8, 4) is 5.75 Å². The summed E-state index contributed by atoms with van der Waals surface area (Å²) in [7, 11) is 0. The summed E-state index contributed by atoms with van der Waals surface area (Å²) in [5.41, 5.74) is 3.11. The van der Waals surface area contributed by atoms with Crippen LogP contribution in [0, 0.1) is 3.57 Å². The van der Waals surface area contributed by atoms with E-state index in [9.17, 15) is 0 Å². The van der Waals surface area contributed by atoms with Crippen molar-refractivity contribution in [1.82, 2.24) is 0 Å². The molecule has 0 aliphatic carbocycles. The molecule has 0 aliphatic heterocycles. The molecule has 3 heteroatoms. The van der Waals surface area contributed by atoms with Crippen LogP contribution in [0.1, 0.15) is 11.1 Å². The lowest BCUT2D eigenvalue weighted by molar-refractivity contribution is 0.306. The Balaban J connectivity index is 1.72. The molecule has 0 fully saturated rings. The molecule has 0 N–H and O–H groups in total. The minimum absolute atomic E-state index is 0.531. The number of halogens is 1. The summed E-state index contributed by atoms with van der Waals surface area (Å²) in [6, 6.07) is 30.8. The third-order valence-corrected chi connectivity index (χ3v) is 5.27. The van der Waals surface area contributed by atoms with Crippen LogP contribution in [0.2, 0.25) is 0 Å². The number of rotatable bonds is 5. The highest BCUT2D eigenvalue weighted by Crippen LogP contribution is 2.29. The van der Waals surface area contributed by atoms with Gasteiger partial charge in [0.05, 0.1) is 5.69 Å². The molecule has 4 aromatic carbocycles. The maximum atomic E-state index is 6.16. The van der Waals surface area contributed by atoms with Crippen molar-refractivity contribution < 1.29 is 4.74 Å². The second-order valence-corrected chi connectivity index (χ2v) is 7.34. The van der Waals surface area contributed by atoms with Gasteiger partial charge < -0.3 is 4.74 Å². The molecule has 0 heterocycles. The van der Waals surface area contributed by atoms with Crippen LogP contribution < -0.4 is 4.74 Å². The molecule has 27 heavy (non-hydrogen) atoms. The van der Waals surface area contributed by atoms with Crippen molar-refractivity contribution in [3.05, 3.63) is 106 Å². The Hall–Kier alpha value is -2.66. The third-order valence-electron chi connectivity index (χ3n) is 4.35. The van der Waals surface area contributed by atoms with Gasteiger partial charge in [-0.15, -0.1) is 0 Å². The Morgan fingerprint density at radius 2 is 1.52 bits per heavy atom. The van der Waals surface area contributed by atoms with Gasteiger partial charge in [-0.1, -0.05) is 72.8 Å². The van der Waals surface area contributed by atoms with E-state index >= 15 is 0 Å². The quantitative estimate of drug-likeness (QED) is 0.236. The molecular weight excluding hydrogens is 445 g/mol. The van der Waals surface area contributed by atoms with Gasteiger partial charge in [-0.25, -0.2) is 0 Å². The Kier molecular flexibility index (Phi) is 5.49. The monoisotopic (exact) mass is 463 g/mol. The molecular formula is C24H18INO. The van der Waals surface area contributed by atoms with Gasteiger partial charge in [-0.3, -0.25) is 4.99 Å². The van der Waals surface area contributed by atoms with Crippen LogP contribution in [-0.2, 0) is 6.61 Å². The van der Waals surface area contributed by atoms with E-state index in [1.807, 2.05) is 60.8 Å². The van der Waals surface area contributed by atoms with Crippen LogP contribution in [0.4, 0.5) is 5.69 Å². The number of para-hydroxylation sites is 1. The van der Waals surface area contributed by atoms with Gasteiger partial charge in [0.25, 0.3) is 0 Å². The first-order valence-electron chi connectivity index (χ1n) is 8.78. The summed E-state index contributed by atoms with van der Waals surface area (Å²) in [6.07, 6.45) is 1.92. The molecule has 0 spiro atoms. The second-order valence-electron chi connectivity index (χ2n) is 6.18. The van der Waals surface area contributed by atoms with Crippen LogP contribution >= 0.6 is 22.6 Å². The molecule has 4 rings (SSSR count). The fourth-order valence-electron chi connectivity index (χ4n) is 2.96. The van der Waals surface area contributed by atoms with Crippen molar-refractivity contribution in [2.24, 2.45) is 4.99 Å². The first-order chi connectivity index (χ1) is 13.3. The topological polar surface area (TPSA) is 21.6 Å². The number of ether oxygens (including phenoxy) is 1. The zero-order valence-electron chi connectivity index (χ0n) is 14.7. The maximum absolute atomic E-state index is 6.16. The van der Waals surface area contributed by atoms with E-state index in [1.54, 1.807) is 0 Å². The van der Waals surface area contributed by atoms with E-state index in [0.717, 1.165) is 31.5 Å². The number of hydrogen-bond donors (Lipinski definition) is 0. The van der Waals surface area contributed by atoms with Gasteiger partial charge >= 0.3 is 0 Å². The van der Waals surface area contributed by atoms with Crippen LogP contribution in [0.15, 0.2) is 96.0 Å².